The molecular formula is C26H28N4O5. The molecule has 9 nitrogen and oxygen atoms in total. The SMILES string of the molecule is CC(C)N(CC(=O)O)C(=O)c1c(CNC(=O)OCC2c3ccccc3-c3ccccc32)cnn1C. The first kappa shape index (κ1) is 24.0. The zero-order valence-electron chi connectivity index (χ0n) is 19.9. The van der Waals surface area contributed by atoms with Crippen molar-refractivity contribution in [2.24, 2.45) is 7.05 Å². The molecule has 0 spiro atoms. The molecule has 0 bridgehead atoms. The van der Waals surface area contributed by atoms with Crippen LogP contribution in [0.25, 0.3) is 11.1 Å². The number of rotatable bonds is 8. The Labute approximate surface area is 203 Å². The van der Waals surface area contributed by atoms with Crippen LogP contribution in [0.5, 0.6) is 0 Å². The second-order valence-electron chi connectivity index (χ2n) is 8.74. The molecule has 0 fully saturated rings. The molecule has 1 aliphatic rings. The largest absolute Gasteiger partial charge is 0.480 e. The molecule has 182 valence electrons. The van der Waals surface area contributed by atoms with Crippen LogP contribution in [0.4, 0.5) is 4.79 Å². The van der Waals surface area contributed by atoms with E-state index in [9.17, 15) is 19.5 Å². The van der Waals surface area contributed by atoms with E-state index in [0.29, 0.717) is 5.56 Å². The zero-order chi connectivity index (χ0) is 25.1. The van der Waals surface area contributed by atoms with Gasteiger partial charge in [0.2, 0.25) is 0 Å². The Morgan fingerprint density at radius 3 is 2.26 bits per heavy atom. The third kappa shape index (κ3) is 4.89. The second kappa shape index (κ2) is 10.0. The maximum absolute atomic E-state index is 13.1. The van der Waals surface area contributed by atoms with E-state index in [1.54, 1.807) is 20.9 Å². The number of hydrogen-bond acceptors (Lipinski definition) is 5. The molecule has 0 saturated heterocycles. The minimum atomic E-state index is -1.10. The number of carboxylic acids is 1. The van der Waals surface area contributed by atoms with Crippen LogP contribution in [0.3, 0.4) is 0 Å². The van der Waals surface area contributed by atoms with Crippen molar-refractivity contribution in [3.05, 3.63) is 77.1 Å². The highest BCUT2D eigenvalue weighted by molar-refractivity contribution is 5.96. The molecule has 0 unspecified atom stereocenters. The van der Waals surface area contributed by atoms with Crippen LogP contribution in [-0.4, -0.2) is 57.0 Å². The number of fused-ring (bicyclic) bond motifs is 3. The summed E-state index contributed by atoms with van der Waals surface area (Å²) < 4.78 is 6.94. The van der Waals surface area contributed by atoms with Gasteiger partial charge in [0.05, 0.1) is 12.7 Å². The Hall–Kier alpha value is -4.14. The van der Waals surface area contributed by atoms with E-state index in [4.69, 9.17) is 4.74 Å². The van der Waals surface area contributed by atoms with Crippen molar-refractivity contribution in [2.75, 3.05) is 13.2 Å². The summed E-state index contributed by atoms with van der Waals surface area (Å²) in [6.45, 7) is 3.25. The number of nitrogens with one attached hydrogen (secondary N) is 1. The van der Waals surface area contributed by atoms with Crippen molar-refractivity contribution < 1.29 is 24.2 Å². The predicted octanol–water partition coefficient (Wildman–Crippen LogP) is 3.39. The number of ether oxygens (including phenoxy) is 1. The summed E-state index contributed by atoms with van der Waals surface area (Å²) in [5.74, 6) is -1.63. The molecule has 1 aromatic heterocycles. The number of benzene rings is 2. The number of carbonyl (C=O) groups excluding carboxylic acids is 2. The quantitative estimate of drug-likeness (QED) is 0.515. The number of aliphatic carboxylic acids is 1. The predicted molar refractivity (Wildman–Crippen MR) is 129 cm³/mol. The van der Waals surface area contributed by atoms with E-state index in [-0.39, 0.29) is 30.8 Å². The molecule has 2 N–H and O–H groups in total. The normalized spacial score (nSPS) is 12.2. The van der Waals surface area contributed by atoms with Gasteiger partial charge in [-0.2, -0.15) is 5.10 Å². The number of amides is 2. The summed E-state index contributed by atoms with van der Waals surface area (Å²) in [5.41, 5.74) is 5.22. The van der Waals surface area contributed by atoms with E-state index in [1.165, 1.54) is 15.8 Å². The average Bonchev–Trinajstić information content (AvgIpc) is 3.36. The van der Waals surface area contributed by atoms with Crippen molar-refractivity contribution in [1.29, 1.82) is 0 Å². The number of aromatic nitrogens is 2. The van der Waals surface area contributed by atoms with Gasteiger partial charge in [0, 0.05) is 24.6 Å². The van der Waals surface area contributed by atoms with Crippen molar-refractivity contribution >= 4 is 18.0 Å². The number of nitrogens with zero attached hydrogens (tertiary/aromatic N) is 3. The summed E-state index contributed by atoms with van der Waals surface area (Å²) in [6.07, 6.45) is 0.872. The molecule has 1 heterocycles. The van der Waals surface area contributed by atoms with Gasteiger partial charge in [0.25, 0.3) is 5.91 Å². The lowest BCUT2D eigenvalue weighted by atomic mass is 9.98. The van der Waals surface area contributed by atoms with Crippen molar-refractivity contribution in [3.63, 3.8) is 0 Å². The van der Waals surface area contributed by atoms with Gasteiger partial charge in [0.15, 0.2) is 0 Å². The van der Waals surface area contributed by atoms with Gasteiger partial charge in [-0.25, -0.2) is 4.79 Å². The highest BCUT2D eigenvalue weighted by atomic mass is 16.5. The molecule has 2 amide bonds. The molecule has 1 aliphatic carbocycles. The fraction of sp³-hybridized carbons (Fsp3) is 0.308. The number of aryl methyl sites for hydroxylation is 1. The van der Waals surface area contributed by atoms with Crippen LogP contribution in [0.2, 0.25) is 0 Å². The van der Waals surface area contributed by atoms with Crippen molar-refractivity contribution in [2.45, 2.75) is 32.4 Å². The lowest BCUT2D eigenvalue weighted by Crippen LogP contribution is -2.42. The van der Waals surface area contributed by atoms with E-state index in [0.717, 1.165) is 22.3 Å². The van der Waals surface area contributed by atoms with E-state index in [1.807, 2.05) is 36.4 Å². The Kier molecular flexibility index (Phi) is 6.86. The molecule has 35 heavy (non-hydrogen) atoms. The van der Waals surface area contributed by atoms with E-state index < -0.39 is 24.5 Å². The Morgan fingerprint density at radius 1 is 1.09 bits per heavy atom. The van der Waals surface area contributed by atoms with Gasteiger partial charge in [-0.1, -0.05) is 48.5 Å². The summed E-state index contributed by atoms with van der Waals surface area (Å²) in [5, 5.41) is 16.0. The Morgan fingerprint density at radius 2 is 1.69 bits per heavy atom. The van der Waals surface area contributed by atoms with Crippen LogP contribution < -0.4 is 5.32 Å². The van der Waals surface area contributed by atoms with Crippen LogP contribution in [0, 0.1) is 0 Å². The summed E-state index contributed by atoms with van der Waals surface area (Å²) in [7, 11) is 1.60. The third-order valence-corrected chi connectivity index (χ3v) is 6.17. The minimum Gasteiger partial charge on any atom is -0.480 e. The molecule has 0 radical (unpaired) electrons. The van der Waals surface area contributed by atoms with Gasteiger partial charge in [-0.15, -0.1) is 0 Å². The van der Waals surface area contributed by atoms with Gasteiger partial charge >= 0.3 is 12.1 Å². The first-order valence-electron chi connectivity index (χ1n) is 11.4. The topological polar surface area (TPSA) is 114 Å². The fourth-order valence-corrected chi connectivity index (χ4v) is 4.48. The summed E-state index contributed by atoms with van der Waals surface area (Å²) in [4.78, 5) is 38.1. The number of alkyl carbamates (subject to hydrolysis) is 1. The number of carbonyl (C=O) groups is 3. The maximum Gasteiger partial charge on any atom is 0.407 e. The summed E-state index contributed by atoms with van der Waals surface area (Å²) in [6, 6.07) is 15.9. The van der Waals surface area contributed by atoms with Gasteiger partial charge < -0.3 is 20.1 Å². The van der Waals surface area contributed by atoms with Gasteiger partial charge in [-0.3, -0.25) is 14.3 Å². The average molecular weight is 477 g/mol. The first-order valence-corrected chi connectivity index (χ1v) is 11.4. The molecule has 0 atom stereocenters. The molecule has 0 aliphatic heterocycles. The standard InChI is InChI=1S/C26H28N4O5/c1-16(2)30(14-23(31)32)25(33)24-17(13-28-29(24)3)12-27-26(34)35-15-22-20-10-6-4-8-18(20)19-9-5-7-11-21(19)22/h4-11,13,16,22H,12,14-15H2,1-3H3,(H,27,34)(H,31,32). The lowest BCUT2D eigenvalue weighted by Gasteiger charge is -2.25. The molecule has 4 rings (SSSR count). The maximum atomic E-state index is 13.1. The highest BCUT2D eigenvalue weighted by Gasteiger charge is 2.29. The smallest absolute Gasteiger partial charge is 0.407 e. The molecular weight excluding hydrogens is 448 g/mol. The zero-order valence-corrected chi connectivity index (χ0v) is 19.9. The second-order valence-corrected chi connectivity index (χ2v) is 8.74. The molecule has 2 aromatic carbocycles. The Balaban J connectivity index is 1.42. The van der Waals surface area contributed by atoms with Gasteiger partial charge in [0.1, 0.15) is 18.8 Å². The van der Waals surface area contributed by atoms with Crippen LogP contribution in [-0.2, 0) is 23.1 Å². The third-order valence-electron chi connectivity index (χ3n) is 6.17. The minimum absolute atomic E-state index is 0.0184. The Bertz CT molecular complexity index is 1220. The monoisotopic (exact) mass is 476 g/mol. The van der Waals surface area contributed by atoms with Crippen molar-refractivity contribution in [1.82, 2.24) is 20.0 Å². The molecule has 3 aromatic rings. The van der Waals surface area contributed by atoms with Crippen LogP contribution in [0.1, 0.15) is 46.9 Å². The molecule has 0 saturated carbocycles. The van der Waals surface area contributed by atoms with Crippen LogP contribution >= 0.6 is 0 Å². The lowest BCUT2D eigenvalue weighted by molar-refractivity contribution is -0.138. The first-order chi connectivity index (χ1) is 16.8. The highest BCUT2D eigenvalue weighted by Crippen LogP contribution is 2.44. The summed E-state index contributed by atoms with van der Waals surface area (Å²) >= 11 is 0. The van der Waals surface area contributed by atoms with Crippen molar-refractivity contribution in [3.8, 4) is 11.1 Å². The number of carboxylic acid groups (broad SMARTS) is 1. The van der Waals surface area contributed by atoms with Crippen LogP contribution in [0.15, 0.2) is 54.7 Å². The van der Waals surface area contributed by atoms with Gasteiger partial charge in [-0.05, 0) is 36.1 Å². The molecule has 9 heteroatoms. The van der Waals surface area contributed by atoms with E-state index >= 15 is 0 Å². The number of hydrogen-bond donors (Lipinski definition) is 2. The fourth-order valence-electron chi connectivity index (χ4n) is 4.48. The van der Waals surface area contributed by atoms with E-state index in [2.05, 4.69) is 22.5 Å².